The molecule has 0 unspecified atom stereocenters. The van der Waals surface area contributed by atoms with Gasteiger partial charge in [0.25, 0.3) is 5.91 Å². The van der Waals surface area contributed by atoms with Crippen molar-refractivity contribution in [3.63, 3.8) is 0 Å². The van der Waals surface area contributed by atoms with E-state index < -0.39 is 0 Å². The van der Waals surface area contributed by atoms with Gasteiger partial charge >= 0.3 is 0 Å². The van der Waals surface area contributed by atoms with Gasteiger partial charge in [-0.2, -0.15) is 0 Å². The normalized spacial score (nSPS) is 15.5. The molecule has 0 aliphatic carbocycles. The number of carbonyl (C=O) groups excluding carboxylic acids is 2. The van der Waals surface area contributed by atoms with Crippen LogP contribution in [0.1, 0.15) is 45.7 Å². The number of hydrogen-bond donors (Lipinski definition) is 1. The van der Waals surface area contributed by atoms with Crippen LogP contribution in [0.3, 0.4) is 0 Å². The molecule has 1 aliphatic heterocycles. The highest BCUT2D eigenvalue weighted by atomic mass is 16.6. The molecule has 1 heterocycles. The number of carbonyl (C=O) groups is 2. The Hall–Kier alpha value is -3.15. The minimum Gasteiger partial charge on any atom is -0.497 e. The number of ether oxygens (including phenoxy) is 1. The average Bonchev–Trinajstić information content (AvgIpc) is 3.16. The molecule has 0 radical (unpaired) electrons. The van der Waals surface area contributed by atoms with Crippen molar-refractivity contribution < 1.29 is 19.2 Å². The second-order valence-corrected chi connectivity index (χ2v) is 5.66. The molecule has 25 heavy (non-hydrogen) atoms. The molecule has 128 valence electrons. The first kappa shape index (κ1) is 16.7. The summed E-state index contributed by atoms with van der Waals surface area (Å²) in [5.41, 5.74) is 2.34. The molecule has 0 fully saturated rings. The lowest BCUT2D eigenvalue weighted by atomic mass is 10.0. The van der Waals surface area contributed by atoms with E-state index in [0.29, 0.717) is 29.0 Å². The fraction of sp³-hybridized carbons (Fsp3) is 0.211. The molecule has 0 aromatic heterocycles. The van der Waals surface area contributed by atoms with Crippen molar-refractivity contribution >= 4 is 23.6 Å². The predicted octanol–water partition coefficient (Wildman–Crippen LogP) is 3.60. The number of Topliss-reactive ketones (excluding diaryl/α,β-unsaturated/α-hetero) is 1. The maximum Gasteiger partial charge on any atom is 0.255 e. The van der Waals surface area contributed by atoms with Crippen LogP contribution >= 0.6 is 0 Å². The Morgan fingerprint density at radius 1 is 1.16 bits per heavy atom. The number of rotatable bonds is 5. The van der Waals surface area contributed by atoms with Crippen LogP contribution in [0.25, 0.3) is 0 Å². The van der Waals surface area contributed by atoms with Crippen molar-refractivity contribution in [1.82, 2.24) is 0 Å². The van der Waals surface area contributed by atoms with Gasteiger partial charge < -0.3 is 14.9 Å². The van der Waals surface area contributed by atoms with Crippen molar-refractivity contribution in [3.8, 4) is 5.75 Å². The van der Waals surface area contributed by atoms with E-state index in [-0.39, 0.29) is 17.8 Å². The van der Waals surface area contributed by atoms with Gasteiger partial charge in [0, 0.05) is 35.0 Å². The molecule has 0 spiro atoms. The number of hydrogen-bond acceptors (Lipinski definition) is 5. The first-order valence-corrected chi connectivity index (χ1v) is 7.86. The number of anilines is 1. The molecule has 0 saturated carbocycles. The predicted molar refractivity (Wildman–Crippen MR) is 94.3 cm³/mol. The summed E-state index contributed by atoms with van der Waals surface area (Å²) in [4.78, 5) is 29.5. The maximum atomic E-state index is 12.6. The summed E-state index contributed by atoms with van der Waals surface area (Å²) in [5, 5.41) is 6.65. The zero-order valence-electron chi connectivity index (χ0n) is 14.0. The lowest BCUT2D eigenvalue weighted by molar-refractivity contribution is 0.0860. The van der Waals surface area contributed by atoms with Gasteiger partial charge in [0.05, 0.1) is 7.11 Å². The highest BCUT2D eigenvalue weighted by Crippen LogP contribution is 2.32. The van der Waals surface area contributed by atoms with Crippen LogP contribution in [-0.2, 0) is 4.84 Å². The SMILES string of the molecule is COc1ccc(C(=O)Nc2cc(C(C)=O)ccc2[C@H]2CC=NO2)cc1. The summed E-state index contributed by atoms with van der Waals surface area (Å²) >= 11 is 0. The molecule has 3 rings (SSSR count). The minimum absolute atomic E-state index is 0.0740. The van der Waals surface area contributed by atoms with Crippen molar-refractivity contribution in [2.24, 2.45) is 5.16 Å². The third kappa shape index (κ3) is 3.68. The standard InChI is InChI=1S/C19H18N2O4/c1-12(22)14-5-8-16(18-9-10-20-25-18)17(11-14)21-19(23)13-3-6-15(24-2)7-4-13/h3-8,10-11,18H,9H2,1-2H3,(H,21,23)/t18-/m1/s1. The smallest absolute Gasteiger partial charge is 0.255 e. The second-order valence-electron chi connectivity index (χ2n) is 5.66. The molecular weight excluding hydrogens is 320 g/mol. The number of nitrogens with one attached hydrogen (secondary N) is 1. The zero-order valence-corrected chi connectivity index (χ0v) is 14.0. The van der Waals surface area contributed by atoms with Gasteiger partial charge in [-0.15, -0.1) is 0 Å². The molecular formula is C19H18N2O4. The van der Waals surface area contributed by atoms with E-state index in [9.17, 15) is 9.59 Å². The molecule has 0 bridgehead atoms. The maximum absolute atomic E-state index is 12.6. The van der Waals surface area contributed by atoms with E-state index in [1.165, 1.54) is 6.92 Å². The lowest BCUT2D eigenvalue weighted by Crippen LogP contribution is -2.15. The Kier molecular flexibility index (Phi) is 4.79. The number of benzene rings is 2. The molecule has 0 saturated heterocycles. The Morgan fingerprint density at radius 2 is 1.88 bits per heavy atom. The van der Waals surface area contributed by atoms with Crippen molar-refractivity contribution in [2.45, 2.75) is 19.4 Å². The number of nitrogens with zero attached hydrogens (tertiary/aromatic N) is 1. The summed E-state index contributed by atoms with van der Waals surface area (Å²) in [6.45, 7) is 1.49. The van der Waals surface area contributed by atoms with E-state index in [1.807, 2.05) is 0 Å². The summed E-state index contributed by atoms with van der Waals surface area (Å²) in [7, 11) is 1.57. The van der Waals surface area contributed by atoms with Crippen LogP contribution in [0, 0.1) is 0 Å². The van der Waals surface area contributed by atoms with Gasteiger partial charge in [-0.05, 0) is 37.3 Å². The third-order valence-electron chi connectivity index (χ3n) is 3.99. The quantitative estimate of drug-likeness (QED) is 0.845. The van der Waals surface area contributed by atoms with Gasteiger partial charge in [-0.3, -0.25) is 9.59 Å². The molecule has 1 N–H and O–H groups in total. The molecule has 1 atom stereocenters. The molecule has 2 aromatic rings. The van der Waals surface area contributed by atoms with E-state index in [4.69, 9.17) is 9.57 Å². The summed E-state index contributed by atoms with van der Waals surface area (Å²) < 4.78 is 5.10. The lowest BCUT2D eigenvalue weighted by Gasteiger charge is -2.16. The topological polar surface area (TPSA) is 77.0 Å². The van der Waals surface area contributed by atoms with Crippen LogP contribution in [0.4, 0.5) is 5.69 Å². The van der Waals surface area contributed by atoms with Gasteiger partial charge in [-0.25, -0.2) is 0 Å². The second kappa shape index (κ2) is 7.17. The molecule has 1 amide bonds. The van der Waals surface area contributed by atoms with E-state index >= 15 is 0 Å². The van der Waals surface area contributed by atoms with Crippen LogP contribution in [0.15, 0.2) is 47.6 Å². The van der Waals surface area contributed by atoms with Crippen molar-refractivity contribution in [3.05, 3.63) is 59.2 Å². The first-order chi connectivity index (χ1) is 12.1. The Labute approximate surface area is 145 Å². The molecule has 1 aliphatic rings. The Bertz CT molecular complexity index is 820. The van der Waals surface area contributed by atoms with Crippen LogP contribution in [0.5, 0.6) is 5.75 Å². The van der Waals surface area contributed by atoms with Gasteiger partial charge in [0.1, 0.15) is 5.75 Å². The number of methoxy groups -OCH3 is 1. The number of amides is 1. The number of oxime groups is 1. The van der Waals surface area contributed by atoms with Crippen molar-refractivity contribution in [2.75, 3.05) is 12.4 Å². The highest BCUT2D eigenvalue weighted by molar-refractivity contribution is 6.05. The minimum atomic E-state index is -0.275. The van der Waals surface area contributed by atoms with Gasteiger partial charge in [-0.1, -0.05) is 17.3 Å². The summed E-state index contributed by atoms with van der Waals surface area (Å²) in [6, 6.07) is 12.0. The zero-order chi connectivity index (χ0) is 17.8. The summed E-state index contributed by atoms with van der Waals surface area (Å²) in [6.07, 6.45) is 2.02. The van der Waals surface area contributed by atoms with E-state index in [1.54, 1.807) is 55.8 Å². The van der Waals surface area contributed by atoms with E-state index in [0.717, 1.165) is 5.56 Å². The Balaban J connectivity index is 1.89. The molecule has 6 heteroatoms. The molecule has 6 nitrogen and oxygen atoms in total. The first-order valence-electron chi connectivity index (χ1n) is 7.86. The Morgan fingerprint density at radius 3 is 2.48 bits per heavy atom. The highest BCUT2D eigenvalue weighted by Gasteiger charge is 2.22. The third-order valence-corrected chi connectivity index (χ3v) is 3.99. The van der Waals surface area contributed by atoms with E-state index in [2.05, 4.69) is 10.5 Å². The van der Waals surface area contributed by atoms with Crippen LogP contribution in [-0.4, -0.2) is 25.0 Å². The fourth-order valence-corrected chi connectivity index (χ4v) is 2.58. The largest absolute Gasteiger partial charge is 0.497 e. The van der Waals surface area contributed by atoms with Gasteiger partial charge in [0.15, 0.2) is 11.9 Å². The fourth-order valence-electron chi connectivity index (χ4n) is 2.58. The molecule has 2 aromatic carbocycles. The monoisotopic (exact) mass is 338 g/mol. The van der Waals surface area contributed by atoms with Crippen LogP contribution < -0.4 is 10.1 Å². The average molecular weight is 338 g/mol. The van der Waals surface area contributed by atoms with Gasteiger partial charge in [0.2, 0.25) is 0 Å². The number of ketones is 1. The van der Waals surface area contributed by atoms with Crippen LogP contribution in [0.2, 0.25) is 0 Å². The summed E-state index contributed by atoms with van der Waals surface area (Å²) in [5.74, 6) is 0.325. The van der Waals surface area contributed by atoms with Crippen molar-refractivity contribution in [1.29, 1.82) is 0 Å².